The number of nitrogens with zero attached hydrogens (tertiary/aromatic N) is 1. The predicted molar refractivity (Wildman–Crippen MR) is 47.1 cm³/mol. The van der Waals surface area contributed by atoms with Crippen LogP contribution < -0.4 is 5.32 Å². The van der Waals surface area contributed by atoms with E-state index >= 15 is 0 Å². The topological polar surface area (TPSA) is 35.5 Å². The van der Waals surface area contributed by atoms with Gasteiger partial charge >= 0.3 is 0 Å². The molecule has 12 heavy (non-hydrogen) atoms. The van der Waals surface area contributed by atoms with Gasteiger partial charge in [0, 0.05) is 18.1 Å². The van der Waals surface area contributed by atoms with Crippen molar-refractivity contribution in [3.63, 3.8) is 0 Å². The van der Waals surface area contributed by atoms with Crippen molar-refractivity contribution in [3.8, 4) is 0 Å². The van der Waals surface area contributed by atoms with E-state index in [9.17, 15) is 5.21 Å². The molecule has 0 spiro atoms. The quantitative estimate of drug-likeness (QED) is 0.616. The fourth-order valence-electron chi connectivity index (χ4n) is 2.59. The maximum absolute atomic E-state index is 9.71. The summed E-state index contributed by atoms with van der Waals surface area (Å²) >= 11 is 0. The number of hydrogen-bond donors (Lipinski definition) is 2. The molecule has 2 rings (SSSR count). The maximum atomic E-state index is 9.71. The summed E-state index contributed by atoms with van der Waals surface area (Å²) in [6.45, 7) is 0. The van der Waals surface area contributed by atoms with Crippen LogP contribution in [0.5, 0.6) is 0 Å². The largest absolute Gasteiger partial charge is 0.317 e. The minimum atomic E-state index is 0.426. The van der Waals surface area contributed by atoms with E-state index in [-0.39, 0.29) is 0 Å². The minimum Gasteiger partial charge on any atom is -0.317 e. The second-order valence-corrected chi connectivity index (χ2v) is 4.08. The molecule has 0 amide bonds. The molecule has 2 N–H and O–H groups in total. The van der Waals surface area contributed by atoms with Crippen LogP contribution in [0.2, 0.25) is 0 Å². The van der Waals surface area contributed by atoms with Crippen molar-refractivity contribution in [1.82, 2.24) is 10.4 Å². The molecule has 0 aromatic heterocycles. The normalized spacial score (nSPS) is 43.0. The van der Waals surface area contributed by atoms with E-state index in [0.717, 1.165) is 12.8 Å². The lowest BCUT2D eigenvalue weighted by Crippen LogP contribution is -2.54. The second kappa shape index (κ2) is 3.32. The Hall–Kier alpha value is -0.120. The Morgan fingerprint density at radius 3 is 2.33 bits per heavy atom. The summed E-state index contributed by atoms with van der Waals surface area (Å²) in [5.41, 5.74) is 0. The number of fused-ring (bicyclic) bond motifs is 2. The summed E-state index contributed by atoms with van der Waals surface area (Å²) < 4.78 is 0. The molecule has 3 atom stereocenters. The first-order chi connectivity index (χ1) is 5.81. The van der Waals surface area contributed by atoms with E-state index in [1.165, 1.54) is 19.3 Å². The van der Waals surface area contributed by atoms with Gasteiger partial charge in [0.25, 0.3) is 0 Å². The van der Waals surface area contributed by atoms with Gasteiger partial charge < -0.3 is 10.5 Å². The van der Waals surface area contributed by atoms with Gasteiger partial charge in [0.2, 0.25) is 0 Å². The number of hydrogen-bond acceptors (Lipinski definition) is 3. The average Bonchev–Trinajstić information content (AvgIpc) is 2.04. The van der Waals surface area contributed by atoms with Gasteiger partial charge in [0.05, 0.1) is 0 Å². The summed E-state index contributed by atoms with van der Waals surface area (Å²) in [4.78, 5) is 0. The number of nitrogens with one attached hydrogen (secondary N) is 1. The van der Waals surface area contributed by atoms with E-state index in [1.807, 2.05) is 7.05 Å². The third kappa shape index (κ3) is 1.37. The summed E-state index contributed by atoms with van der Waals surface area (Å²) in [6, 6.07) is 1.48. The molecule has 2 saturated heterocycles. The Bertz CT molecular complexity index is 149. The average molecular weight is 170 g/mol. The zero-order chi connectivity index (χ0) is 8.55. The Morgan fingerprint density at radius 1 is 1.25 bits per heavy atom. The first kappa shape index (κ1) is 8.48. The first-order valence-corrected chi connectivity index (χ1v) is 4.95. The summed E-state index contributed by atoms with van der Waals surface area (Å²) in [7, 11) is 2.02. The van der Waals surface area contributed by atoms with Gasteiger partial charge in [-0.3, -0.25) is 0 Å². The van der Waals surface area contributed by atoms with Crippen molar-refractivity contribution in [2.24, 2.45) is 0 Å². The van der Waals surface area contributed by atoms with Crippen LogP contribution in [0.15, 0.2) is 0 Å². The van der Waals surface area contributed by atoms with Gasteiger partial charge in [-0.25, -0.2) is 0 Å². The van der Waals surface area contributed by atoms with Crippen LogP contribution in [-0.2, 0) is 0 Å². The van der Waals surface area contributed by atoms with E-state index in [4.69, 9.17) is 0 Å². The molecular formula is C9H18N2O. The van der Waals surface area contributed by atoms with E-state index < -0.39 is 0 Å². The molecule has 0 aromatic carbocycles. The van der Waals surface area contributed by atoms with Crippen LogP contribution in [0.1, 0.15) is 32.1 Å². The van der Waals surface area contributed by atoms with Crippen molar-refractivity contribution in [3.05, 3.63) is 0 Å². The Morgan fingerprint density at radius 2 is 1.83 bits per heavy atom. The number of hydroxylamine groups is 2. The molecule has 3 nitrogen and oxygen atoms in total. The predicted octanol–water partition coefficient (Wildman–Crippen LogP) is 0.981. The van der Waals surface area contributed by atoms with Gasteiger partial charge in [-0.15, -0.1) is 0 Å². The highest BCUT2D eigenvalue weighted by molar-refractivity contribution is 4.90. The molecule has 0 aromatic rings. The minimum absolute atomic E-state index is 0.426. The molecule has 0 saturated carbocycles. The molecule has 2 fully saturated rings. The van der Waals surface area contributed by atoms with Crippen molar-refractivity contribution < 1.29 is 5.21 Å². The van der Waals surface area contributed by atoms with Crippen LogP contribution in [0.25, 0.3) is 0 Å². The van der Waals surface area contributed by atoms with Crippen LogP contribution in [0.4, 0.5) is 0 Å². The van der Waals surface area contributed by atoms with Crippen LogP contribution in [0, 0.1) is 0 Å². The second-order valence-electron chi connectivity index (χ2n) is 4.08. The lowest BCUT2D eigenvalue weighted by atomic mass is 9.83. The zero-order valence-corrected chi connectivity index (χ0v) is 7.66. The zero-order valence-electron chi connectivity index (χ0n) is 7.66. The molecule has 2 heterocycles. The molecule has 70 valence electrons. The molecule has 3 heteroatoms. The van der Waals surface area contributed by atoms with Gasteiger partial charge in [0.1, 0.15) is 0 Å². The lowest BCUT2D eigenvalue weighted by molar-refractivity contribution is -0.198. The summed E-state index contributed by atoms with van der Waals surface area (Å²) in [5.74, 6) is 0. The molecular weight excluding hydrogens is 152 g/mol. The van der Waals surface area contributed by atoms with Gasteiger partial charge in [-0.05, 0) is 32.7 Å². The van der Waals surface area contributed by atoms with Crippen molar-refractivity contribution in [1.29, 1.82) is 0 Å². The van der Waals surface area contributed by atoms with E-state index in [0.29, 0.717) is 18.1 Å². The third-order valence-corrected chi connectivity index (χ3v) is 3.34. The monoisotopic (exact) mass is 170 g/mol. The Labute approximate surface area is 73.7 Å². The molecule has 2 aliphatic rings. The van der Waals surface area contributed by atoms with Crippen LogP contribution in [-0.4, -0.2) is 35.4 Å². The van der Waals surface area contributed by atoms with Gasteiger partial charge in [-0.2, -0.15) is 5.06 Å². The Balaban J connectivity index is 2.02. The SMILES string of the molecule is CN[C@@H]1CC2CCC[C@@H](C1)N2O. The highest BCUT2D eigenvalue weighted by Crippen LogP contribution is 2.32. The highest BCUT2D eigenvalue weighted by Gasteiger charge is 2.36. The lowest BCUT2D eigenvalue weighted by Gasteiger charge is -2.45. The van der Waals surface area contributed by atoms with Crippen LogP contribution in [0.3, 0.4) is 0 Å². The van der Waals surface area contributed by atoms with Crippen molar-refractivity contribution in [2.75, 3.05) is 7.05 Å². The molecule has 1 unspecified atom stereocenters. The highest BCUT2D eigenvalue weighted by atomic mass is 16.5. The standard InChI is InChI=1S/C9H18N2O/c1-10-7-5-8-3-2-4-9(6-7)11(8)12/h7-10,12H,2-6H2,1H3/t7-,8-,9?/m0/s1. The van der Waals surface area contributed by atoms with Crippen molar-refractivity contribution in [2.45, 2.75) is 50.2 Å². The smallest absolute Gasteiger partial charge is 0.0368 e. The molecule has 2 bridgehead atoms. The summed E-state index contributed by atoms with van der Waals surface area (Å²) in [5, 5.41) is 14.6. The third-order valence-electron chi connectivity index (χ3n) is 3.34. The van der Waals surface area contributed by atoms with Gasteiger partial charge in [0.15, 0.2) is 0 Å². The number of piperidine rings is 2. The van der Waals surface area contributed by atoms with E-state index in [1.54, 1.807) is 5.06 Å². The summed E-state index contributed by atoms with van der Waals surface area (Å²) in [6.07, 6.45) is 5.87. The van der Waals surface area contributed by atoms with Gasteiger partial charge in [-0.1, -0.05) is 6.42 Å². The molecule has 0 aliphatic carbocycles. The van der Waals surface area contributed by atoms with Crippen molar-refractivity contribution >= 4 is 0 Å². The maximum Gasteiger partial charge on any atom is 0.0368 e. The fraction of sp³-hybridized carbons (Fsp3) is 1.00. The molecule has 2 aliphatic heterocycles. The number of rotatable bonds is 1. The first-order valence-electron chi connectivity index (χ1n) is 4.95. The fourth-order valence-corrected chi connectivity index (χ4v) is 2.59. The van der Waals surface area contributed by atoms with E-state index in [2.05, 4.69) is 5.32 Å². The Kier molecular flexibility index (Phi) is 2.35. The van der Waals surface area contributed by atoms with Crippen LogP contribution >= 0.6 is 0 Å². The molecule has 0 radical (unpaired) electrons.